The molecule has 0 radical (unpaired) electrons. The van der Waals surface area contributed by atoms with Gasteiger partial charge in [0.2, 0.25) is 0 Å². The zero-order chi connectivity index (χ0) is 11.5. The molecule has 88 valence electrons. The van der Waals surface area contributed by atoms with Crippen LogP contribution in [0.4, 0.5) is 0 Å². The fourth-order valence-corrected chi connectivity index (χ4v) is 1.82. The van der Waals surface area contributed by atoms with Crippen molar-refractivity contribution in [3.8, 4) is 17.2 Å². The summed E-state index contributed by atoms with van der Waals surface area (Å²) in [5.41, 5.74) is 0.563. The van der Waals surface area contributed by atoms with Crippen molar-refractivity contribution in [1.82, 2.24) is 0 Å². The van der Waals surface area contributed by atoms with E-state index in [4.69, 9.17) is 27.0 Å². The van der Waals surface area contributed by atoms with Crippen LogP contribution in [-0.4, -0.2) is 24.9 Å². The van der Waals surface area contributed by atoms with Crippen LogP contribution in [0.2, 0.25) is 5.02 Å². The van der Waals surface area contributed by atoms with E-state index >= 15 is 0 Å². The second kappa shape index (κ2) is 4.78. The maximum absolute atomic E-state index is 9.82. The third-order valence-corrected chi connectivity index (χ3v) is 2.61. The van der Waals surface area contributed by atoms with Gasteiger partial charge in [0.15, 0.2) is 11.5 Å². The predicted octanol–water partition coefficient (Wildman–Crippen LogP) is 1.25. The van der Waals surface area contributed by atoms with Crippen molar-refractivity contribution >= 4 is 11.6 Å². The van der Waals surface area contributed by atoms with Crippen LogP contribution in [0, 0.1) is 0 Å². The van der Waals surface area contributed by atoms with Crippen molar-refractivity contribution in [2.45, 2.75) is 6.42 Å². The highest BCUT2D eigenvalue weighted by atomic mass is 35.5. The number of phenolic OH excluding ortho intramolecular Hbond substituents is 1. The zero-order valence-electron chi connectivity index (χ0n) is 8.53. The number of hydrogen-bond donors (Lipinski definition) is 2. The van der Waals surface area contributed by atoms with Crippen LogP contribution < -0.4 is 15.4 Å². The Morgan fingerprint density at radius 1 is 1.44 bits per heavy atom. The topological polar surface area (TPSA) is 73.9 Å². The Labute approximate surface area is 97.6 Å². The normalized spacial score (nSPS) is 13.9. The van der Waals surface area contributed by atoms with Crippen LogP contribution in [0.25, 0.3) is 0 Å². The largest absolute Gasteiger partial charge is 0.506 e. The van der Waals surface area contributed by atoms with Gasteiger partial charge in [0.05, 0.1) is 11.6 Å². The first-order valence-corrected chi connectivity index (χ1v) is 5.23. The smallest absolute Gasteiger partial charge is 0.168 e. The molecule has 0 fully saturated rings. The van der Waals surface area contributed by atoms with Crippen molar-refractivity contribution < 1.29 is 19.4 Å². The molecule has 1 aromatic rings. The first-order chi connectivity index (χ1) is 7.74. The van der Waals surface area contributed by atoms with Crippen LogP contribution in [-0.2, 0) is 11.3 Å². The Kier molecular flexibility index (Phi) is 3.38. The average molecular weight is 246 g/mol. The van der Waals surface area contributed by atoms with Crippen LogP contribution in [0.1, 0.15) is 5.56 Å². The highest BCUT2D eigenvalue weighted by Crippen LogP contribution is 2.43. The third-order valence-electron chi connectivity index (χ3n) is 2.32. The maximum Gasteiger partial charge on any atom is 0.168 e. The van der Waals surface area contributed by atoms with Crippen molar-refractivity contribution in [2.24, 2.45) is 5.90 Å². The summed E-state index contributed by atoms with van der Waals surface area (Å²) in [6.45, 7) is 1.19. The molecule has 0 aliphatic carbocycles. The number of ether oxygens (including phenoxy) is 2. The number of phenols is 1. The van der Waals surface area contributed by atoms with Gasteiger partial charge < -0.3 is 19.4 Å². The SMILES string of the molecule is NOCCc1c(O)c(Cl)cc2c1OCCO2. The van der Waals surface area contributed by atoms with Crippen LogP contribution in [0.15, 0.2) is 6.07 Å². The van der Waals surface area contributed by atoms with E-state index in [9.17, 15) is 5.11 Å². The van der Waals surface area contributed by atoms with Crippen LogP contribution in [0.5, 0.6) is 17.2 Å². The molecule has 0 saturated heterocycles. The molecule has 1 heterocycles. The van der Waals surface area contributed by atoms with E-state index < -0.39 is 0 Å². The second-order valence-corrected chi connectivity index (χ2v) is 3.74. The quantitative estimate of drug-likeness (QED) is 0.784. The number of aromatic hydroxyl groups is 1. The van der Waals surface area contributed by atoms with Gasteiger partial charge in [-0.25, -0.2) is 5.90 Å². The molecular weight excluding hydrogens is 234 g/mol. The summed E-state index contributed by atoms with van der Waals surface area (Å²) in [4.78, 5) is 4.48. The second-order valence-electron chi connectivity index (χ2n) is 3.33. The Morgan fingerprint density at radius 2 is 2.19 bits per heavy atom. The number of benzene rings is 1. The lowest BCUT2D eigenvalue weighted by molar-refractivity contribution is 0.137. The van der Waals surface area contributed by atoms with Crippen LogP contribution in [0.3, 0.4) is 0 Å². The standard InChI is InChI=1S/C10H12ClNO4/c11-7-5-8-10(15-4-3-14-8)6(9(7)13)1-2-16-12/h5,13H,1-4,12H2. The third kappa shape index (κ3) is 2.02. The lowest BCUT2D eigenvalue weighted by atomic mass is 10.1. The molecule has 1 aromatic carbocycles. The molecule has 0 aromatic heterocycles. The van der Waals surface area contributed by atoms with Gasteiger partial charge in [0, 0.05) is 18.1 Å². The van der Waals surface area contributed by atoms with Crippen molar-refractivity contribution in [3.63, 3.8) is 0 Å². The minimum atomic E-state index is -0.0111. The van der Waals surface area contributed by atoms with Gasteiger partial charge in [-0.3, -0.25) is 0 Å². The van der Waals surface area contributed by atoms with Gasteiger partial charge in [0.1, 0.15) is 19.0 Å². The van der Waals surface area contributed by atoms with Crippen LogP contribution >= 0.6 is 11.6 Å². The predicted molar refractivity (Wildman–Crippen MR) is 58.0 cm³/mol. The first-order valence-electron chi connectivity index (χ1n) is 4.85. The zero-order valence-corrected chi connectivity index (χ0v) is 9.29. The fraction of sp³-hybridized carbons (Fsp3) is 0.400. The molecule has 0 unspecified atom stereocenters. The number of halogens is 1. The summed E-state index contributed by atoms with van der Waals surface area (Å²) in [5.74, 6) is 6.00. The van der Waals surface area contributed by atoms with Crippen molar-refractivity contribution in [2.75, 3.05) is 19.8 Å². The molecule has 0 amide bonds. The summed E-state index contributed by atoms with van der Waals surface area (Å²) in [5, 5.41) is 10.0. The molecule has 16 heavy (non-hydrogen) atoms. The highest BCUT2D eigenvalue weighted by molar-refractivity contribution is 6.32. The molecule has 6 heteroatoms. The van der Waals surface area contributed by atoms with Gasteiger partial charge in [-0.1, -0.05) is 11.6 Å². The molecule has 1 aliphatic heterocycles. The van der Waals surface area contributed by atoms with E-state index in [0.717, 1.165) is 0 Å². The molecule has 0 bridgehead atoms. The van der Waals surface area contributed by atoms with E-state index in [1.165, 1.54) is 6.07 Å². The lowest BCUT2D eigenvalue weighted by Gasteiger charge is -2.22. The summed E-state index contributed by atoms with van der Waals surface area (Å²) < 4.78 is 10.8. The summed E-state index contributed by atoms with van der Waals surface area (Å²) in [6.07, 6.45) is 0.411. The number of nitrogens with two attached hydrogens (primary N) is 1. The van der Waals surface area contributed by atoms with E-state index in [-0.39, 0.29) is 17.4 Å². The van der Waals surface area contributed by atoms with Crippen molar-refractivity contribution in [3.05, 3.63) is 16.7 Å². The number of rotatable bonds is 3. The Bertz CT molecular complexity index is 397. The molecule has 1 aliphatic rings. The monoisotopic (exact) mass is 245 g/mol. The van der Waals surface area contributed by atoms with Gasteiger partial charge >= 0.3 is 0 Å². The van der Waals surface area contributed by atoms with E-state index in [2.05, 4.69) is 4.84 Å². The van der Waals surface area contributed by atoms with Gasteiger partial charge in [-0.15, -0.1) is 0 Å². The minimum Gasteiger partial charge on any atom is -0.506 e. The molecule has 0 atom stereocenters. The molecule has 2 rings (SSSR count). The molecule has 0 spiro atoms. The van der Waals surface area contributed by atoms with Gasteiger partial charge in [-0.05, 0) is 0 Å². The van der Waals surface area contributed by atoms with E-state index in [1.54, 1.807) is 0 Å². The first kappa shape index (κ1) is 11.3. The summed E-state index contributed by atoms with van der Waals surface area (Å²) >= 11 is 5.87. The molecular formula is C10H12ClNO4. The fourth-order valence-electron chi connectivity index (χ4n) is 1.60. The van der Waals surface area contributed by atoms with Gasteiger partial charge in [-0.2, -0.15) is 0 Å². The Balaban J connectivity index is 2.41. The molecule has 3 N–H and O–H groups in total. The summed E-state index contributed by atoms with van der Waals surface area (Å²) in [6, 6.07) is 1.54. The summed E-state index contributed by atoms with van der Waals surface area (Å²) in [7, 11) is 0. The minimum absolute atomic E-state index is 0.0111. The molecule has 5 nitrogen and oxygen atoms in total. The lowest BCUT2D eigenvalue weighted by Crippen LogP contribution is -2.17. The number of hydrogen-bond acceptors (Lipinski definition) is 5. The highest BCUT2D eigenvalue weighted by Gasteiger charge is 2.21. The van der Waals surface area contributed by atoms with Gasteiger partial charge in [0.25, 0.3) is 0 Å². The van der Waals surface area contributed by atoms with E-state index in [1.807, 2.05) is 0 Å². The van der Waals surface area contributed by atoms with Crippen molar-refractivity contribution in [1.29, 1.82) is 0 Å². The Hall–Kier alpha value is -1.17. The average Bonchev–Trinajstić information content (AvgIpc) is 2.30. The maximum atomic E-state index is 9.82. The van der Waals surface area contributed by atoms with E-state index in [0.29, 0.717) is 36.7 Å². The number of fused-ring (bicyclic) bond motifs is 1. The molecule has 0 saturated carbocycles. The Morgan fingerprint density at radius 3 is 2.94 bits per heavy atom.